The minimum absolute atomic E-state index is 0. The summed E-state index contributed by atoms with van der Waals surface area (Å²) in [5.74, 6) is -0.0891. The predicted octanol–water partition coefficient (Wildman–Crippen LogP) is 4.46. The molecule has 0 saturated carbocycles. The van der Waals surface area contributed by atoms with Gasteiger partial charge in [-0.25, -0.2) is 0 Å². The zero-order chi connectivity index (χ0) is 20.0. The zero-order valence-corrected chi connectivity index (χ0v) is 17.9. The van der Waals surface area contributed by atoms with Crippen LogP contribution in [0.2, 0.25) is 5.02 Å². The number of carbonyl (C=O) groups excluding carboxylic acids is 2. The molecule has 2 amide bonds. The summed E-state index contributed by atoms with van der Waals surface area (Å²) < 4.78 is 0. The Labute approximate surface area is 177 Å². The van der Waals surface area contributed by atoms with Crippen LogP contribution in [-0.4, -0.2) is 36.3 Å². The molecule has 0 aromatic heterocycles. The van der Waals surface area contributed by atoms with Crippen LogP contribution in [0.5, 0.6) is 0 Å². The minimum Gasteiger partial charge on any atom is -0.342 e. The predicted molar refractivity (Wildman–Crippen MR) is 117 cm³/mol. The van der Waals surface area contributed by atoms with Crippen molar-refractivity contribution >= 4 is 41.5 Å². The van der Waals surface area contributed by atoms with E-state index in [9.17, 15) is 9.59 Å². The fourth-order valence-electron chi connectivity index (χ4n) is 2.56. The van der Waals surface area contributed by atoms with Crippen LogP contribution in [-0.2, 0) is 0 Å². The van der Waals surface area contributed by atoms with E-state index in [0.717, 1.165) is 6.42 Å². The number of nitrogens with one attached hydrogen (secondary N) is 1. The first-order valence-electron chi connectivity index (χ1n) is 8.96. The summed E-state index contributed by atoms with van der Waals surface area (Å²) in [6, 6.07) is 13.6. The Balaban J connectivity index is 0.00000392. The maximum atomic E-state index is 12.8. The fraction of sp³-hybridized carbons (Fsp3) is 0.333. The molecule has 0 spiro atoms. The summed E-state index contributed by atoms with van der Waals surface area (Å²) in [6.07, 6.45) is 0.721. The first-order chi connectivity index (χ1) is 12.8. The van der Waals surface area contributed by atoms with Gasteiger partial charge in [0, 0.05) is 30.2 Å². The van der Waals surface area contributed by atoms with Crippen molar-refractivity contribution in [2.75, 3.05) is 18.9 Å². The zero-order valence-electron chi connectivity index (χ0n) is 16.3. The molecule has 0 aliphatic carbocycles. The summed E-state index contributed by atoms with van der Waals surface area (Å²) in [5, 5.41) is 3.37. The first-order valence-corrected chi connectivity index (χ1v) is 9.34. The van der Waals surface area contributed by atoms with Crippen molar-refractivity contribution in [3.05, 3.63) is 64.7 Å². The smallest absolute Gasteiger partial charge is 0.255 e. The Morgan fingerprint density at radius 3 is 2.32 bits per heavy atom. The first kappa shape index (κ1) is 24.0. The van der Waals surface area contributed by atoms with Gasteiger partial charge < -0.3 is 16.0 Å². The van der Waals surface area contributed by atoms with Gasteiger partial charge in [-0.05, 0) is 48.7 Å². The quantitative estimate of drug-likeness (QED) is 0.689. The van der Waals surface area contributed by atoms with Crippen LogP contribution >= 0.6 is 24.0 Å². The molecule has 1 atom stereocenters. The second-order valence-corrected chi connectivity index (χ2v) is 7.37. The average Bonchev–Trinajstić information content (AvgIpc) is 2.66. The molecule has 5 nitrogen and oxygen atoms in total. The number of nitrogens with two attached hydrogens (primary N) is 1. The normalized spacial score (nSPS) is 11.5. The molecule has 0 aliphatic heterocycles. The number of nitrogens with zero attached hydrogens (tertiary/aromatic N) is 1. The SMILES string of the molecule is CC(C)C(N)CCN(C)C(=O)c1ccccc1NC(=O)c1ccc(Cl)cc1.Cl. The van der Waals surface area contributed by atoms with E-state index in [0.29, 0.717) is 34.3 Å². The highest BCUT2D eigenvalue weighted by Crippen LogP contribution is 2.19. The largest absolute Gasteiger partial charge is 0.342 e. The monoisotopic (exact) mass is 423 g/mol. The molecule has 7 heteroatoms. The third kappa shape index (κ3) is 6.51. The standard InChI is InChI=1S/C21H26ClN3O2.ClH/c1-14(2)18(23)12-13-25(3)21(27)17-6-4-5-7-19(17)24-20(26)15-8-10-16(22)11-9-15;/h4-11,14,18H,12-13,23H2,1-3H3,(H,24,26);1H. The molecule has 2 rings (SSSR count). The Morgan fingerprint density at radius 1 is 1.11 bits per heavy atom. The van der Waals surface area contributed by atoms with E-state index in [1.165, 1.54) is 0 Å². The van der Waals surface area contributed by atoms with Crippen molar-refractivity contribution in [3.8, 4) is 0 Å². The molecule has 2 aromatic rings. The lowest BCUT2D eigenvalue weighted by atomic mass is 10.0. The van der Waals surface area contributed by atoms with E-state index in [2.05, 4.69) is 19.2 Å². The van der Waals surface area contributed by atoms with Crippen LogP contribution in [0.1, 0.15) is 41.0 Å². The molecule has 1 unspecified atom stereocenters. The molecular weight excluding hydrogens is 397 g/mol. The van der Waals surface area contributed by atoms with Gasteiger partial charge in [0.15, 0.2) is 0 Å². The Hall–Kier alpha value is -2.08. The van der Waals surface area contributed by atoms with E-state index in [1.54, 1.807) is 60.5 Å². The summed E-state index contributed by atoms with van der Waals surface area (Å²) in [4.78, 5) is 26.9. The number of para-hydroxylation sites is 1. The van der Waals surface area contributed by atoms with Gasteiger partial charge in [-0.2, -0.15) is 0 Å². The third-order valence-electron chi connectivity index (χ3n) is 4.51. The molecule has 0 bridgehead atoms. The van der Waals surface area contributed by atoms with Crippen LogP contribution in [0.25, 0.3) is 0 Å². The van der Waals surface area contributed by atoms with Gasteiger partial charge in [-0.3, -0.25) is 9.59 Å². The number of halogens is 2. The molecule has 0 radical (unpaired) electrons. The van der Waals surface area contributed by atoms with Crippen molar-refractivity contribution < 1.29 is 9.59 Å². The van der Waals surface area contributed by atoms with E-state index in [1.807, 2.05) is 0 Å². The second-order valence-electron chi connectivity index (χ2n) is 6.93. The molecule has 28 heavy (non-hydrogen) atoms. The molecule has 0 saturated heterocycles. The van der Waals surface area contributed by atoms with Gasteiger partial charge in [0.05, 0.1) is 11.3 Å². The lowest BCUT2D eigenvalue weighted by Gasteiger charge is -2.22. The molecule has 152 valence electrons. The van der Waals surface area contributed by atoms with Gasteiger partial charge in [0.1, 0.15) is 0 Å². The maximum absolute atomic E-state index is 12.8. The van der Waals surface area contributed by atoms with Crippen LogP contribution in [0.4, 0.5) is 5.69 Å². The highest BCUT2D eigenvalue weighted by atomic mass is 35.5. The summed E-state index contributed by atoms with van der Waals surface area (Å²) >= 11 is 5.86. The van der Waals surface area contributed by atoms with Crippen molar-refractivity contribution in [2.24, 2.45) is 11.7 Å². The van der Waals surface area contributed by atoms with Crippen molar-refractivity contribution in [2.45, 2.75) is 26.3 Å². The highest BCUT2D eigenvalue weighted by molar-refractivity contribution is 6.30. The Kier molecular flexibility index (Phi) is 9.46. The summed E-state index contributed by atoms with van der Waals surface area (Å²) in [6.45, 7) is 4.68. The van der Waals surface area contributed by atoms with Gasteiger partial charge in [-0.1, -0.05) is 37.6 Å². The Morgan fingerprint density at radius 2 is 1.71 bits per heavy atom. The number of rotatable bonds is 7. The number of hydrogen-bond donors (Lipinski definition) is 2. The van der Waals surface area contributed by atoms with Crippen LogP contribution in [0.3, 0.4) is 0 Å². The number of hydrogen-bond acceptors (Lipinski definition) is 3. The lowest BCUT2D eigenvalue weighted by Crippen LogP contribution is -2.35. The fourth-order valence-corrected chi connectivity index (χ4v) is 2.68. The van der Waals surface area contributed by atoms with Crippen molar-refractivity contribution in [1.29, 1.82) is 0 Å². The van der Waals surface area contributed by atoms with Crippen molar-refractivity contribution in [1.82, 2.24) is 4.90 Å². The lowest BCUT2D eigenvalue weighted by molar-refractivity contribution is 0.0790. The summed E-state index contributed by atoms with van der Waals surface area (Å²) in [7, 11) is 1.74. The Bertz CT molecular complexity index is 794. The molecular formula is C21H27Cl2N3O2. The molecule has 0 heterocycles. The van der Waals surface area contributed by atoms with Crippen LogP contribution in [0.15, 0.2) is 48.5 Å². The number of benzene rings is 2. The topological polar surface area (TPSA) is 75.4 Å². The maximum Gasteiger partial charge on any atom is 0.255 e. The van der Waals surface area contributed by atoms with E-state index in [-0.39, 0.29) is 30.3 Å². The van der Waals surface area contributed by atoms with Gasteiger partial charge in [-0.15, -0.1) is 12.4 Å². The van der Waals surface area contributed by atoms with E-state index in [4.69, 9.17) is 17.3 Å². The molecule has 0 aliphatic rings. The van der Waals surface area contributed by atoms with Gasteiger partial charge in [0.2, 0.25) is 0 Å². The number of amides is 2. The third-order valence-corrected chi connectivity index (χ3v) is 4.76. The van der Waals surface area contributed by atoms with E-state index >= 15 is 0 Å². The second kappa shape index (κ2) is 11.1. The van der Waals surface area contributed by atoms with Gasteiger partial charge in [0.25, 0.3) is 11.8 Å². The molecule has 3 N–H and O–H groups in total. The van der Waals surface area contributed by atoms with Gasteiger partial charge >= 0.3 is 0 Å². The summed E-state index contributed by atoms with van der Waals surface area (Å²) in [5.41, 5.74) is 7.46. The number of anilines is 1. The van der Waals surface area contributed by atoms with E-state index < -0.39 is 0 Å². The highest BCUT2D eigenvalue weighted by Gasteiger charge is 2.18. The minimum atomic E-state index is -0.295. The molecule has 0 fully saturated rings. The van der Waals surface area contributed by atoms with Crippen LogP contribution in [0, 0.1) is 5.92 Å². The number of carbonyl (C=O) groups is 2. The molecule has 2 aromatic carbocycles. The van der Waals surface area contributed by atoms with Crippen LogP contribution < -0.4 is 11.1 Å². The average molecular weight is 424 g/mol. The van der Waals surface area contributed by atoms with Crippen molar-refractivity contribution in [3.63, 3.8) is 0 Å².